The number of rotatable bonds is 8. The fourth-order valence-corrected chi connectivity index (χ4v) is 3.89. The number of benzene rings is 2. The summed E-state index contributed by atoms with van der Waals surface area (Å²) in [5, 5.41) is 17.4. The molecule has 0 unspecified atom stereocenters. The van der Waals surface area contributed by atoms with Gasteiger partial charge in [-0.3, -0.25) is 15.1 Å². The Morgan fingerprint density at radius 2 is 1.91 bits per heavy atom. The van der Waals surface area contributed by atoms with Gasteiger partial charge in [-0.25, -0.2) is 4.68 Å². The molecule has 2 aromatic heterocycles. The lowest BCUT2D eigenvalue weighted by atomic mass is 10.1. The summed E-state index contributed by atoms with van der Waals surface area (Å²) in [5.41, 5.74) is 2.99. The van der Waals surface area contributed by atoms with Gasteiger partial charge in [-0.1, -0.05) is 30.3 Å². The van der Waals surface area contributed by atoms with Crippen LogP contribution in [0.15, 0.2) is 86.6 Å². The molecule has 0 bridgehead atoms. The zero-order valence-electron chi connectivity index (χ0n) is 17.2. The standard InChI is InChI=1S/C23H20N4O4S/c1-30-19-9-7-18(8-10-19)21-16-32-23(24-14-13-17-5-3-2-4-6-17)26(21)25-15-20-11-12-22(31-20)27(28)29/h2-12,15-16H,13-14H2,1H3. The Labute approximate surface area is 187 Å². The normalized spacial score (nSPS) is 11.8. The van der Waals surface area contributed by atoms with Crippen LogP contribution in [0.5, 0.6) is 5.75 Å². The van der Waals surface area contributed by atoms with Crippen LogP contribution in [0.2, 0.25) is 0 Å². The van der Waals surface area contributed by atoms with Crippen LogP contribution in [0.1, 0.15) is 11.3 Å². The predicted molar refractivity (Wildman–Crippen MR) is 123 cm³/mol. The van der Waals surface area contributed by atoms with E-state index in [0.29, 0.717) is 11.3 Å². The molecular formula is C23H20N4O4S. The third kappa shape index (κ3) is 5.01. The molecule has 0 spiro atoms. The van der Waals surface area contributed by atoms with Crippen LogP contribution in [-0.2, 0) is 6.42 Å². The topological polar surface area (TPSA) is 95.2 Å². The van der Waals surface area contributed by atoms with Crippen molar-refractivity contribution in [3.63, 3.8) is 0 Å². The van der Waals surface area contributed by atoms with E-state index in [-0.39, 0.29) is 11.6 Å². The predicted octanol–water partition coefficient (Wildman–Crippen LogP) is 4.75. The second-order valence-electron chi connectivity index (χ2n) is 6.74. The zero-order valence-corrected chi connectivity index (χ0v) is 18.1. The van der Waals surface area contributed by atoms with Crippen LogP contribution >= 0.6 is 11.3 Å². The molecule has 9 heteroatoms. The highest BCUT2D eigenvalue weighted by molar-refractivity contribution is 7.07. The summed E-state index contributed by atoms with van der Waals surface area (Å²) in [6.45, 7) is 0.605. The molecular weight excluding hydrogens is 428 g/mol. The Bertz CT molecular complexity index is 1290. The number of ether oxygens (including phenoxy) is 1. The van der Waals surface area contributed by atoms with Crippen molar-refractivity contribution >= 4 is 23.4 Å². The van der Waals surface area contributed by atoms with Gasteiger partial charge in [0.2, 0.25) is 4.80 Å². The molecule has 4 rings (SSSR count). The van der Waals surface area contributed by atoms with Gasteiger partial charge in [0.05, 0.1) is 25.1 Å². The molecule has 0 fully saturated rings. The summed E-state index contributed by atoms with van der Waals surface area (Å²) < 4.78 is 12.1. The summed E-state index contributed by atoms with van der Waals surface area (Å²) in [5.74, 6) is 0.714. The van der Waals surface area contributed by atoms with E-state index in [2.05, 4.69) is 17.2 Å². The molecule has 4 aromatic rings. The SMILES string of the molecule is COc1ccc(-c2csc(=NCCc3ccccc3)n2N=Cc2ccc([N+](=O)[O-])o2)cc1. The number of nitro groups is 1. The zero-order chi connectivity index (χ0) is 22.3. The first kappa shape index (κ1) is 21.3. The summed E-state index contributed by atoms with van der Waals surface area (Å²) in [6, 6.07) is 20.6. The van der Waals surface area contributed by atoms with E-state index in [1.165, 1.54) is 35.2 Å². The average molecular weight is 449 g/mol. The third-order valence-electron chi connectivity index (χ3n) is 4.65. The number of aromatic nitrogens is 1. The fraction of sp³-hybridized carbons (Fsp3) is 0.130. The van der Waals surface area contributed by atoms with E-state index in [9.17, 15) is 10.1 Å². The molecule has 0 saturated carbocycles. The monoisotopic (exact) mass is 448 g/mol. The molecule has 0 N–H and O–H groups in total. The van der Waals surface area contributed by atoms with Crippen molar-refractivity contribution in [3.8, 4) is 17.0 Å². The Balaban J connectivity index is 1.67. The largest absolute Gasteiger partial charge is 0.497 e. The highest BCUT2D eigenvalue weighted by Gasteiger charge is 2.11. The number of furan rings is 1. The van der Waals surface area contributed by atoms with Crippen molar-refractivity contribution in [1.82, 2.24) is 4.68 Å². The van der Waals surface area contributed by atoms with Crippen LogP contribution < -0.4 is 9.54 Å². The molecule has 2 heterocycles. The van der Waals surface area contributed by atoms with Crippen LogP contribution in [-0.4, -0.2) is 29.5 Å². The van der Waals surface area contributed by atoms with E-state index in [0.717, 1.165) is 23.4 Å². The first-order chi connectivity index (χ1) is 15.6. The minimum atomic E-state index is -0.581. The number of methoxy groups -OCH3 is 1. The fourth-order valence-electron chi connectivity index (χ4n) is 3.03. The molecule has 0 atom stereocenters. The smallest absolute Gasteiger partial charge is 0.433 e. The molecule has 0 aliphatic rings. The number of thiazole rings is 1. The van der Waals surface area contributed by atoms with Gasteiger partial charge in [0, 0.05) is 17.5 Å². The molecule has 0 aliphatic heterocycles. The van der Waals surface area contributed by atoms with E-state index < -0.39 is 4.92 Å². The van der Waals surface area contributed by atoms with Crippen LogP contribution in [0.25, 0.3) is 11.3 Å². The molecule has 0 aliphatic carbocycles. The average Bonchev–Trinajstić information content (AvgIpc) is 3.46. The van der Waals surface area contributed by atoms with Crippen molar-refractivity contribution in [1.29, 1.82) is 0 Å². The lowest BCUT2D eigenvalue weighted by molar-refractivity contribution is -0.402. The van der Waals surface area contributed by atoms with Gasteiger partial charge in [0.25, 0.3) is 0 Å². The van der Waals surface area contributed by atoms with Crippen LogP contribution in [0, 0.1) is 10.1 Å². The van der Waals surface area contributed by atoms with Gasteiger partial charge in [0.1, 0.15) is 10.7 Å². The number of hydrogen-bond donors (Lipinski definition) is 0. The van der Waals surface area contributed by atoms with Gasteiger partial charge in [-0.05, 0) is 42.3 Å². The Morgan fingerprint density at radius 1 is 1.12 bits per heavy atom. The van der Waals surface area contributed by atoms with Gasteiger partial charge < -0.3 is 9.15 Å². The van der Waals surface area contributed by atoms with Crippen molar-refractivity contribution in [2.24, 2.45) is 10.1 Å². The summed E-state index contributed by atoms with van der Waals surface area (Å²) in [7, 11) is 1.62. The molecule has 32 heavy (non-hydrogen) atoms. The van der Waals surface area contributed by atoms with E-state index in [4.69, 9.17) is 14.1 Å². The summed E-state index contributed by atoms with van der Waals surface area (Å²) in [6.07, 6.45) is 2.26. The minimum absolute atomic E-state index is 0.284. The molecule has 0 saturated heterocycles. The Morgan fingerprint density at radius 3 is 2.59 bits per heavy atom. The molecule has 2 aromatic carbocycles. The van der Waals surface area contributed by atoms with E-state index in [1.54, 1.807) is 11.8 Å². The first-order valence-electron chi connectivity index (χ1n) is 9.82. The quantitative estimate of drug-likeness (QED) is 0.221. The molecule has 0 amide bonds. The molecule has 0 radical (unpaired) electrons. The van der Waals surface area contributed by atoms with E-state index >= 15 is 0 Å². The van der Waals surface area contributed by atoms with E-state index in [1.807, 2.05) is 47.8 Å². The maximum absolute atomic E-state index is 10.9. The number of hydrogen-bond acceptors (Lipinski definition) is 7. The van der Waals surface area contributed by atoms with Crippen molar-refractivity contribution < 1.29 is 14.1 Å². The minimum Gasteiger partial charge on any atom is -0.497 e. The second kappa shape index (κ2) is 9.88. The second-order valence-corrected chi connectivity index (χ2v) is 7.58. The highest BCUT2D eigenvalue weighted by Crippen LogP contribution is 2.23. The molecule has 8 nitrogen and oxygen atoms in total. The number of nitrogens with zero attached hydrogens (tertiary/aromatic N) is 4. The maximum atomic E-state index is 10.9. The lowest BCUT2D eigenvalue weighted by Gasteiger charge is -2.05. The van der Waals surface area contributed by atoms with Gasteiger partial charge in [-0.2, -0.15) is 5.10 Å². The highest BCUT2D eigenvalue weighted by atomic mass is 32.1. The first-order valence-corrected chi connectivity index (χ1v) is 10.7. The van der Waals surface area contributed by atoms with Gasteiger partial charge in [0.15, 0.2) is 5.76 Å². The molecule has 162 valence electrons. The Hall–Kier alpha value is -3.98. The van der Waals surface area contributed by atoms with Crippen molar-refractivity contribution in [3.05, 3.63) is 98.3 Å². The van der Waals surface area contributed by atoms with Crippen molar-refractivity contribution in [2.45, 2.75) is 6.42 Å². The summed E-state index contributed by atoms with van der Waals surface area (Å²) in [4.78, 5) is 15.7. The van der Waals surface area contributed by atoms with Crippen molar-refractivity contribution in [2.75, 3.05) is 13.7 Å². The third-order valence-corrected chi connectivity index (χ3v) is 5.51. The maximum Gasteiger partial charge on any atom is 0.433 e. The van der Waals surface area contributed by atoms with Gasteiger partial charge >= 0.3 is 5.88 Å². The summed E-state index contributed by atoms with van der Waals surface area (Å²) >= 11 is 1.47. The lowest BCUT2D eigenvalue weighted by Crippen LogP contribution is -2.13. The Kier molecular flexibility index (Phi) is 6.57. The van der Waals surface area contributed by atoms with Crippen LogP contribution in [0.3, 0.4) is 0 Å². The van der Waals surface area contributed by atoms with Gasteiger partial charge in [-0.15, -0.1) is 11.3 Å². The van der Waals surface area contributed by atoms with Crippen LogP contribution in [0.4, 0.5) is 5.88 Å².